The van der Waals surface area contributed by atoms with Crippen LogP contribution in [-0.4, -0.2) is 87.7 Å². The molecule has 0 amide bonds. The van der Waals surface area contributed by atoms with Gasteiger partial charge >= 0.3 is 0 Å². The largest absolute Gasteiger partial charge is 0.726 e. The SMILES string of the molecule is COS(=O)(=O)[O-].C[N+]1(CCCN)CCOCC1.O=C1c2ccccc2C(=O)c2c(O)cccc21. The van der Waals surface area contributed by atoms with Gasteiger partial charge in [-0.3, -0.25) is 13.8 Å². The first kappa shape index (κ1) is 27.6. The lowest BCUT2D eigenvalue weighted by Gasteiger charge is -2.37. The summed E-state index contributed by atoms with van der Waals surface area (Å²) < 4.78 is 37.5. The molecule has 11 heteroatoms. The number of likely N-dealkylation sites (N-methyl/N-ethyl adjacent to an activating group) is 1. The summed E-state index contributed by atoms with van der Waals surface area (Å²) in [6.45, 7) is 6.16. The van der Waals surface area contributed by atoms with E-state index in [9.17, 15) is 27.7 Å². The van der Waals surface area contributed by atoms with E-state index in [4.69, 9.17) is 10.5 Å². The number of phenols is 1. The average Bonchev–Trinajstić information content (AvgIpc) is 2.82. The number of fused-ring (bicyclic) bond motifs is 2. The van der Waals surface area contributed by atoms with Crippen LogP contribution in [0.15, 0.2) is 42.5 Å². The minimum absolute atomic E-state index is 0.108. The van der Waals surface area contributed by atoms with Gasteiger partial charge in [0, 0.05) is 23.1 Å². The number of carbonyl (C=O) groups is 2. The van der Waals surface area contributed by atoms with Crippen molar-refractivity contribution in [2.75, 3.05) is 53.6 Å². The normalized spacial score (nSPS) is 16.2. The number of phenolic OH excluding ortho intramolecular Hbond substituents is 1. The summed E-state index contributed by atoms with van der Waals surface area (Å²) >= 11 is 0. The van der Waals surface area contributed by atoms with Gasteiger partial charge in [0.25, 0.3) is 0 Å². The fraction of sp³-hybridized carbons (Fsp3) is 0.391. The Balaban J connectivity index is 0.000000207. The number of ketones is 2. The molecule has 2 aliphatic rings. The Morgan fingerprint density at radius 2 is 1.56 bits per heavy atom. The second kappa shape index (κ2) is 12.2. The smallest absolute Gasteiger partial charge is 0.217 e. The van der Waals surface area contributed by atoms with E-state index in [-0.39, 0.29) is 28.4 Å². The lowest BCUT2D eigenvalue weighted by molar-refractivity contribution is -0.916. The number of quaternary nitrogens is 1. The third-order valence-corrected chi connectivity index (χ3v) is 6.00. The molecular formula is C23H30N2O8S. The van der Waals surface area contributed by atoms with Gasteiger partial charge in [-0.2, -0.15) is 0 Å². The van der Waals surface area contributed by atoms with Crippen molar-refractivity contribution in [3.05, 3.63) is 64.7 Å². The number of aromatic hydroxyl groups is 1. The summed E-state index contributed by atoms with van der Waals surface area (Å²) in [5.74, 6) is -0.658. The number of benzene rings is 2. The second-order valence-electron chi connectivity index (χ2n) is 8.02. The van der Waals surface area contributed by atoms with Crippen LogP contribution < -0.4 is 5.73 Å². The van der Waals surface area contributed by atoms with E-state index in [0.29, 0.717) is 11.1 Å². The van der Waals surface area contributed by atoms with Gasteiger partial charge in [0.1, 0.15) is 18.8 Å². The van der Waals surface area contributed by atoms with Crippen LogP contribution in [0.4, 0.5) is 0 Å². The molecule has 1 aliphatic carbocycles. The number of nitrogens with two attached hydrogens (primary N) is 1. The molecule has 186 valence electrons. The highest BCUT2D eigenvalue weighted by Crippen LogP contribution is 2.32. The van der Waals surface area contributed by atoms with E-state index in [1.54, 1.807) is 36.4 Å². The molecule has 34 heavy (non-hydrogen) atoms. The molecule has 0 aromatic heterocycles. The predicted molar refractivity (Wildman–Crippen MR) is 123 cm³/mol. The van der Waals surface area contributed by atoms with Crippen molar-refractivity contribution in [3.63, 3.8) is 0 Å². The zero-order valence-electron chi connectivity index (χ0n) is 19.2. The lowest BCUT2D eigenvalue weighted by Crippen LogP contribution is -2.52. The molecule has 10 nitrogen and oxygen atoms in total. The molecule has 0 radical (unpaired) electrons. The van der Waals surface area contributed by atoms with Gasteiger partial charge in [0.05, 0.1) is 39.5 Å². The van der Waals surface area contributed by atoms with Gasteiger partial charge < -0.3 is 24.6 Å². The van der Waals surface area contributed by atoms with E-state index in [1.807, 2.05) is 0 Å². The topological polar surface area (TPSA) is 156 Å². The van der Waals surface area contributed by atoms with Crippen molar-refractivity contribution in [1.29, 1.82) is 0 Å². The Kier molecular flexibility index (Phi) is 9.86. The van der Waals surface area contributed by atoms with Crippen molar-refractivity contribution in [3.8, 4) is 5.75 Å². The second-order valence-corrected chi connectivity index (χ2v) is 9.17. The summed E-state index contributed by atoms with van der Waals surface area (Å²) in [5.41, 5.74) is 6.59. The van der Waals surface area contributed by atoms with Gasteiger partial charge in [0.2, 0.25) is 10.4 Å². The number of nitrogens with zero attached hydrogens (tertiary/aromatic N) is 1. The molecule has 1 heterocycles. The average molecular weight is 495 g/mol. The first-order valence-electron chi connectivity index (χ1n) is 10.7. The van der Waals surface area contributed by atoms with Crippen LogP contribution in [0, 0.1) is 0 Å². The lowest BCUT2D eigenvalue weighted by atomic mass is 9.84. The maximum absolute atomic E-state index is 12.2. The summed E-state index contributed by atoms with van der Waals surface area (Å²) in [7, 11) is -1.31. The zero-order valence-corrected chi connectivity index (χ0v) is 20.0. The van der Waals surface area contributed by atoms with Crippen LogP contribution in [0.25, 0.3) is 0 Å². The first-order chi connectivity index (χ1) is 16.0. The third kappa shape index (κ3) is 7.42. The van der Waals surface area contributed by atoms with E-state index in [0.717, 1.165) is 50.9 Å². The monoisotopic (exact) mass is 494 g/mol. The Labute approximate surface area is 199 Å². The fourth-order valence-electron chi connectivity index (χ4n) is 3.61. The molecular weight excluding hydrogens is 464 g/mol. The molecule has 0 spiro atoms. The molecule has 0 atom stereocenters. The highest BCUT2D eigenvalue weighted by Gasteiger charge is 2.31. The highest BCUT2D eigenvalue weighted by molar-refractivity contribution is 7.80. The number of hydrogen-bond donors (Lipinski definition) is 2. The van der Waals surface area contributed by atoms with Crippen LogP contribution in [0.3, 0.4) is 0 Å². The van der Waals surface area contributed by atoms with Crippen molar-refractivity contribution in [2.24, 2.45) is 5.73 Å². The third-order valence-electron chi connectivity index (χ3n) is 5.59. The molecule has 3 N–H and O–H groups in total. The minimum Gasteiger partial charge on any atom is -0.726 e. The van der Waals surface area contributed by atoms with Crippen LogP contribution in [-0.2, 0) is 19.3 Å². The molecule has 0 bridgehead atoms. The van der Waals surface area contributed by atoms with Crippen LogP contribution >= 0.6 is 0 Å². The number of carbonyl (C=O) groups excluding carboxylic acids is 2. The van der Waals surface area contributed by atoms with Crippen LogP contribution in [0.5, 0.6) is 5.75 Å². The molecule has 1 fully saturated rings. The summed E-state index contributed by atoms with van der Waals surface area (Å²) in [6, 6.07) is 11.2. The van der Waals surface area contributed by atoms with E-state index >= 15 is 0 Å². The van der Waals surface area contributed by atoms with Gasteiger partial charge in [-0.15, -0.1) is 0 Å². The summed E-state index contributed by atoms with van der Waals surface area (Å²) in [4.78, 5) is 24.3. The van der Waals surface area contributed by atoms with E-state index < -0.39 is 10.4 Å². The number of morpholine rings is 1. The van der Waals surface area contributed by atoms with Gasteiger partial charge in [-0.1, -0.05) is 36.4 Å². The molecule has 0 unspecified atom stereocenters. The zero-order chi connectivity index (χ0) is 25.4. The standard InChI is InChI=1S/C14H8O3.C8H19N2O.CH4O4S/c15-11-7-3-6-10-12(11)14(17)9-5-2-1-4-8(9)13(10)16;1-10(4-2-3-9)5-7-11-8-6-10;1-5-6(2,3)4/h1-7,15H;2-9H2,1H3;1H3,(H,2,3,4)/q;+1;/p-1. The molecule has 2 aromatic carbocycles. The summed E-state index contributed by atoms with van der Waals surface area (Å²) in [5, 5.41) is 9.70. The fourth-order valence-corrected chi connectivity index (χ4v) is 3.61. The number of rotatable bonds is 4. The first-order valence-corrected chi connectivity index (χ1v) is 12.0. The van der Waals surface area contributed by atoms with Crippen LogP contribution in [0.1, 0.15) is 38.3 Å². The Bertz CT molecular complexity index is 1110. The molecule has 0 saturated carbocycles. The Morgan fingerprint density at radius 3 is 2.09 bits per heavy atom. The maximum Gasteiger partial charge on any atom is 0.217 e. The highest BCUT2D eigenvalue weighted by atomic mass is 32.3. The van der Waals surface area contributed by atoms with Gasteiger partial charge in [-0.25, -0.2) is 8.42 Å². The maximum atomic E-state index is 12.2. The van der Waals surface area contributed by atoms with Crippen molar-refractivity contribution >= 4 is 22.0 Å². The van der Waals surface area contributed by atoms with Gasteiger partial charge in [0.15, 0.2) is 11.6 Å². The number of hydrogen-bond acceptors (Lipinski definition) is 9. The molecule has 4 rings (SSSR count). The van der Waals surface area contributed by atoms with Crippen molar-refractivity contribution in [2.45, 2.75) is 6.42 Å². The van der Waals surface area contributed by atoms with E-state index in [2.05, 4.69) is 11.2 Å². The molecule has 2 aromatic rings. The Morgan fingerprint density at radius 1 is 1.03 bits per heavy atom. The molecule has 1 aliphatic heterocycles. The van der Waals surface area contributed by atoms with Crippen LogP contribution in [0.2, 0.25) is 0 Å². The minimum atomic E-state index is -4.41. The summed E-state index contributed by atoms with van der Waals surface area (Å²) in [6.07, 6.45) is 1.14. The van der Waals surface area contributed by atoms with Crippen molar-refractivity contribution < 1.29 is 41.1 Å². The quantitative estimate of drug-likeness (QED) is 0.308. The van der Waals surface area contributed by atoms with E-state index in [1.165, 1.54) is 12.6 Å². The molecule has 1 saturated heterocycles. The number of ether oxygens (including phenoxy) is 1. The Hall–Kier alpha value is -2.67. The predicted octanol–water partition coefficient (Wildman–Crippen LogP) is 1.07. The van der Waals surface area contributed by atoms with Crippen molar-refractivity contribution in [1.82, 2.24) is 0 Å². The van der Waals surface area contributed by atoms with Gasteiger partial charge in [-0.05, 0) is 12.6 Å².